The van der Waals surface area contributed by atoms with Crippen molar-refractivity contribution in [2.45, 2.75) is 37.8 Å². The molecule has 4 N–H and O–H groups in total. The van der Waals surface area contributed by atoms with Gasteiger partial charge in [-0.1, -0.05) is 35.8 Å². The van der Waals surface area contributed by atoms with Crippen LogP contribution in [-0.4, -0.2) is 31.7 Å². The number of amides is 1. The van der Waals surface area contributed by atoms with Crippen LogP contribution in [0.5, 0.6) is 0 Å². The number of hydrogen-bond donors (Lipinski definition) is 2. The predicted molar refractivity (Wildman–Crippen MR) is 108 cm³/mol. The first-order valence-electron chi connectivity index (χ1n) is 8.69. The first-order valence-corrected chi connectivity index (χ1v) is 9.50. The monoisotopic (exact) mass is 402 g/mol. The van der Waals surface area contributed by atoms with E-state index in [1.54, 1.807) is 25.1 Å². The molecule has 2 aromatic rings. The molecule has 1 aromatic carbocycles. The van der Waals surface area contributed by atoms with E-state index in [1.807, 2.05) is 0 Å². The summed E-state index contributed by atoms with van der Waals surface area (Å²) in [6.45, 7) is 2.90. The molecule has 0 saturated heterocycles. The Labute approximate surface area is 167 Å². The van der Waals surface area contributed by atoms with Crippen LogP contribution in [-0.2, 0) is 22.8 Å². The Balaban J connectivity index is 2.16. The smallest absolute Gasteiger partial charge is 0.270 e. The molecule has 146 valence electrons. The zero-order valence-electron chi connectivity index (χ0n) is 15.9. The SMILES string of the molecule is [B]c1cc([C@@]2(C)N=C(N)N(C)C(=O)[C@H]2c2ccc(C(C)(F)F)cc2)sc1CN. The molecule has 2 heterocycles. The first kappa shape index (κ1) is 20.5. The molecule has 2 radical (unpaired) electrons. The van der Waals surface area contributed by atoms with Gasteiger partial charge in [-0.25, -0.2) is 13.8 Å². The van der Waals surface area contributed by atoms with E-state index in [0.29, 0.717) is 11.0 Å². The molecule has 0 spiro atoms. The standard InChI is InChI=1S/C19H21BF2N4OS/c1-18(14-8-12(20)13(9-23)28-14)15(16(27)26(3)17(24)25-18)10-4-6-11(7-5-10)19(2,21)22/h4-8,15H,9,23H2,1-3H3,(H2,24,25)/t15-,18-/m1/s1. The van der Waals surface area contributed by atoms with Gasteiger partial charge < -0.3 is 11.5 Å². The fraction of sp³-hybridized carbons (Fsp3) is 0.368. The average molecular weight is 402 g/mol. The third-order valence-corrected chi connectivity index (χ3v) is 6.51. The van der Waals surface area contributed by atoms with Gasteiger partial charge in [-0.2, -0.15) is 0 Å². The lowest BCUT2D eigenvalue weighted by Crippen LogP contribution is -2.52. The van der Waals surface area contributed by atoms with Crippen molar-refractivity contribution >= 4 is 36.5 Å². The number of hydrogen-bond acceptors (Lipinski definition) is 5. The molecule has 2 atom stereocenters. The Bertz CT molecular complexity index is 938. The quantitative estimate of drug-likeness (QED) is 0.767. The summed E-state index contributed by atoms with van der Waals surface area (Å²) in [6.07, 6.45) is 0. The van der Waals surface area contributed by atoms with Gasteiger partial charge in [0, 0.05) is 35.8 Å². The lowest BCUT2D eigenvalue weighted by Gasteiger charge is -2.40. The number of rotatable bonds is 4. The van der Waals surface area contributed by atoms with Crippen LogP contribution in [0.25, 0.3) is 0 Å². The zero-order chi connectivity index (χ0) is 20.9. The lowest BCUT2D eigenvalue weighted by atomic mass is 9.77. The molecule has 0 aliphatic carbocycles. The second-order valence-corrected chi connectivity index (χ2v) is 8.29. The number of carbonyl (C=O) groups is 1. The third-order valence-electron chi connectivity index (χ3n) is 5.11. The van der Waals surface area contributed by atoms with Crippen molar-refractivity contribution in [2.24, 2.45) is 16.5 Å². The molecule has 0 bridgehead atoms. The molecular weight excluding hydrogens is 381 g/mol. The Morgan fingerprint density at radius 3 is 2.46 bits per heavy atom. The summed E-state index contributed by atoms with van der Waals surface area (Å²) in [5.74, 6) is -3.89. The second kappa shape index (κ2) is 6.97. The van der Waals surface area contributed by atoms with E-state index in [4.69, 9.17) is 19.3 Å². The van der Waals surface area contributed by atoms with Crippen LogP contribution in [0.15, 0.2) is 35.3 Å². The minimum atomic E-state index is -2.96. The zero-order valence-corrected chi connectivity index (χ0v) is 16.7. The first-order chi connectivity index (χ1) is 13.0. The number of alkyl halides is 2. The Morgan fingerprint density at radius 2 is 1.96 bits per heavy atom. The average Bonchev–Trinajstić information content (AvgIpc) is 3.01. The van der Waals surface area contributed by atoms with Crippen molar-refractivity contribution in [3.63, 3.8) is 0 Å². The number of nitrogens with zero attached hydrogens (tertiary/aromatic N) is 2. The molecule has 5 nitrogen and oxygen atoms in total. The van der Waals surface area contributed by atoms with Gasteiger partial charge in [0.25, 0.3) is 5.92 Å². The van der Waals surface area contributed by atoms with Crippen molar-refractivity contribution in [1.82, 2.24) is 4.90 Å². The lowest BCUT2D eigenvalue weighted by molar-refractivity contribution is -0.130. The fourth-order valence-corrected chi connectivity index (χ4v) is 4.49. The molecular formula is C19H21BF2N4OS. The summed E-state index contributed by atoms with van der Waals surface area (Å²) in [7, 11) is 7.58. The van der Waals surface area contributed by atoms with Gasteiger partial charge in [-0.15, -0.1) is 11.3 Å². The Kier molecular flexibility index (Phi) is 5.10. The fourth-order valence-electron chi connectivity index (χ4n) is 3.41. The third kappa shape index (κ3) is 3.33. The number of benzene rings is 1. The number of carbonyl (C=O) groups excluding carboxylic acids is 1. The van der Waals surface area contributed by atoms with Gasteiger partial charge in [0.2, 0.25) is 5.91 Å². The van der Waals surface area contributed by atoms with Crippen LogP contribution in [0.3, 0.4) is 0 Å². The summed E-state index contributed by atoms with van der Waals surface area (Å²) in [5.41, 5.74) is 11.7. The highest BCUT2D eigenvalue weighted by molar-refractivity contribution is 7.13. The van der Waals surface area contributed by atoms with Crippen LogP contribution in [0, 0.1) is 0 Å². The maximum Gasteiger partial charge on any atom is 0.270 e. The van der Waals surface area contributed by atoms with E-state index in [2.05, 4.69) is 4.99 Å². The molecule has 28 heavy (non-hydrogen) atoms. The maximum atomic E-state index is 13.6. The summed E-state index contributed by atoms with van der Waals surface area (Å²) < 4.78 is 27.2. The van der Waals surface area contributed by atoms with Crippen molar-refractivity contribution in [3.8, 4) is 0 Å². The molecule has 9 heteroatoms. The van der Waals surface area contributed by atoms with Crippen molar-refractivity contribution < 1.29 is 13.6 Å². The highest BCUT2D eigenvalue weighted by atomic mass is 32.1. The van der Waals surface area contributed by atoms with Crippen LogP contribution < -0.4 is 16.9 Å². The number of thiophene rings is 1. The molecule has 0 saturated carbocycles. The minimum absolute atomic E-state index is 0.0849. The van der Waals surface area contributed by atoms with Gasteiger partial charge in [0.1, 0.15) is 13.4 Å². The number of likely N-dealkylation sites (N-methyl/N-ethyl adjacent to an activating group) is 1. The highest BCUT2D eigenvalue weighted by Crippen LogP contribution is 2.46. The van der Waals surface area contributed by atoms with Crippen molar-refractivity contribution in [1.29, 1.82) is 0 Å². The van der Waals surface area contributed by atoms with Gasteiger partial charge in [-0.3, -0.25) is 9.69 Å². The second-order valence-electron chi connectivity index (χ2n) is 7.15. The highest BCUT2D eigenvalue weighted by Gasteiger charge is 2.48. The Morgan fingerprint density at radius 1 is 1.36 bits per heavy atom. The number of aliphatic imine (C=N–C) groups is 1. The molecule has 1 amide bonds. The normalized spacial score (nSPS) is 23.1. The summed E-state index contributed by atoms with van der Waals surface area (Å²) >= 11 is 1.37. The molecule has 1 aliphatic heterocycles. The van der Waals surface area contributed by atoms with Crippen LogP contribution in [0.1, 0.15) is 40.6 Å². The number of nitrogens with two attached hydrogens (primary N) is 2. The maximum absolute atomic E-state index is 13.6. The van der Waals surface area contributed by atoms with Crippen molar-refractivity contribution in [2.75, 3.05) is 7.05 Å². The van der Waals surface area contributed by atoms with Crippen LogP contribution >= 0.6 is 11.3 Å². The summed E-state index contributed by atoms with van der Waals surface area (Å²) in [5, 5.41) is 0. The van der Waals surface area contributed by atoms with E-state index in [9.17, 15) is 13.6 Å². The van der Waals surface area contributed by atoms with Crippen LogP contribution in [0.2, 0.25) is 0 Å². The molecule has 1 aromatic heterocycles. The largest absolute Gasteiger partial charge is 0.369 e. The Hall–Kier alpha value is -2.26. The minimum Gasteiger partial charge on any atom is -0.369 e. The molecule has 0 unspecified atom stereocenters. The molecule has 3 rings (SSSR count). The van der Waals surface area contributed by atoms with Gasteiger partial charge in [-0.05, 0) is 12.5 Å². The summed E-state index contributed by atoms with van der Waals surface area (Å²) in [4.78, 5) is 20.5. The molecule has 0 fully saturated rings. The van der Waals surface area contributed by atoms with Gasteiger partial charge in [0.15, 0.2) is 5.96 Å². The number of halogens is 2. The van der Waals surface area contributed by atoms with E-state index in [-0.39, 0.29) is 24.0 Å². The molecule has 1 aliphatic rings. The van der Waals surface area contributed by atoms with Crippen LogP contribution in [0.4, 0.5) is 8.78 Å². The van der Waals surface area contributed by atoms with E-state index in [1.165, 1.54) is 35.4 Å². The van der Waals surface area contributed by atoms with E-state index >= 15 is 0 Å². The van der Waals surface area contributed by atoms with E-state index < -0.39 is 17.4 Å². The summed E-state index contributed by atoms with van der Waals surface area (Å²) in [6, 6.07) is 7.50. The predicted octanol–water partition coefficient (Wildman–Crippen LogP) is 1.90. The van der Waals surface area contributed by atoms with Crippen molar-refractivity contribution in [3.05, 3.63) is 51.2 Å². The van der Waals surface area contributed by atoms with E-state index in [0.717, 1.165) is 16.7 Å². The van der Waals surface area contributed by atoms with Gasteiger partial charge >= 0.3 is 0 Å². The van der Waals surface area contributed by atoms with Gasteiger partial charge in [0.05, 0.1) is 5.92 Å². The topological polar surface area (TPSA) is 84.7 Å². The number of guanidine groups is 1.